The van der Waals surface area contributed by atoms with Gasteiger partial charge in [-0.15, -0.1) is 0 Å². The third-order valence-electron chi connectivity index (χ3n) is 4.51. The second-order valence-electron chi connectivity index (χ2n) is 6.38. The Labute approximate surface area is 125 Å². The summed E-state index contributed by atoms with van der Waals surface area (Å²) in [5.41, 5.74) is 0. The fraction of sp³-hybridized carbons (Fsp3) is 0.944. The second kappa shape index (κ2) is 12.2. The maximum Gasteiger partial charge on any atom is 0.305 e. The van der Waals surface area contributed by atoms with Crippen LogP contribution in [0.2, 0.25) is 0 Å². The van der Waals surface area contributed by atoms with E-state index in [-0.39, 0.29) is 5.97 Å². The van der Waals surface area contributed by atoms with Gasteiger partial charge in [0.05, 0.1) is 6.61 Å². The SMILES string of the molecule is CCCCCCCCCCCCC1CCOC(=O)CC1. The Bertz CT molecular complexity index is 238. The van der Waals surface area contributed by atoms with Crippen LogP contribution in [0.5, 0.6) is 0 Å². The molecule has 0 aliphatic carbocycles. The molecule has 0 spiro atoms. The summed E-state index contributed by atoms with van der Waals surface area (Å²) in [6.07, 6.45) is 18.1. The van der Waals surface area contributed by atoms with Crippen LogP contribution < -0.4 is 0 Å². The van der Waals surface area contributed by atoms with E-state index in [0.29, 0.717) is 13.0 Å². The smallest absolute Gasteiger partial charge is 0.305 e. The largest absolute Gasteiger partial charge is 0.466 e. The molecule has 1 unspecified atom stereocenters. The zero-order valence-electron chi connectivity index (χ0n) is 13.5. The number of ether oxygens (including phenoxy) is 1. The molecule has 1 rings (SSSR count). The molecular formula is C18H34O2. The van der Waals surface area contributed by atoms with E-state index in [4.69, 9.17) is 4.74 Å². The van der Waals surface area contributed by atoms with Gasteiger partial charge in [0, 0.05) is 6.42 Å². The van der Waals surface area contributed by atoms with Crippen molar-refractivity contribution < 1.29 is 9.53 Å². The normalized spacial score (nSPS) is 19.6. The van der Waals surface area contributed by atoms with Crippen LogP contribution in [0.1, 0.15) is 96.8 Å². The van der Waals surface area contributed by atoms with E-state index in [1.54, 1.807) is 0 Å². The summed E-state index contributed by atoms with van der Waals surface area (Å²) < 4.78 is 5.09. The lowest BCUT2D eigenvalue weighted by molar-refractivity contribution is -0.142. The minimum atomic E-state index is 0.00979. The van der Waals surface area contributed by atoms with Crippen LogP contribution in [-0.2, 0) is 9.53 Å². The van der Waals surface area contributed by atoms with Gasteiger partial charge in [-0.25, -0.2) is 0 Å². The van der Waals surface area contributed by atoms with E-state index in [1.165, 1.54) is 70.6 Å². The molecule has 1 aliphatic heterocycles. The number of esters is 1. The Morgan fingerprint density at radius 3 is 2.15 bits per heavy atom. The number of rotatable bonds is 11. The molecule has 1 aliphatic rings. The molecule has 0 amide bonds. The topological polar surface area (TPSA) is 26.3 Å². The second-order valence-corrected chi connectivity index (χ2v) is 6.38. The van der Waals surface area contributed by atoms with Gasteiger partial charge >= 0.3 is 5.97 Å². The number of hydrogen-bond acceptors (Lipinski definition) is 2. The van der Waals surface area contributed by atoms with Crippen molar-refractivity contribution in [2.24, 2.45) is 5.92 Å². The van der Waals surface area contributed by atoms with E-state index >= 15 is 0 Å². The van der Waals surface area contributed by atoms with Crippen molar-refractivity contribution in [1.82, 2.24) is 0 Å². The average molecular weight is 282 g/mol. The molecule has 0 saturated carbocycles. The molecule has 1 atom stereocenters. The molecule has 1 fully saturated rings. The Morgan fingerprint density at radius 1 is 0.900 bits per heavy atom. The number of carbonyl (C=O) groups is 1. The van der Waals surface area contributed by atoms with E-state index < -0.39 is 0 Å². The highest BCUT2D eigenvalue weighted by atomic mass is 16.5. The first-order chi connectivity index (χ1) is 9.83. The third kappa shape index (κ3) is 9.39. The Balaban J connectivity index is 1.83. The predicted octanol–water partition coefficient (Wildman–Crippen LogP) is 5.64. The third-order valence-corrected chi connectivity index (χ3v) is 4.51. The average Bonchev–Trinajstić information content (AvgIpc) is 2.66. The summed E-state index contributed by atoms with van der Waals surface area (Å²) in [5.74, 6) is 0.742. The highest BCUT2D eigenvalue weighted by molar-refractivity contribution is 5.69. The van der Waals surface area contributed by atoms with Crippen molar-refractivity contribution in [2.45, 2.75) is 96.8 Å². The minimum absolute atomic E-state index is 0.00979. The molecule has 20 heavy (non-hydrogen) atoms. The van der Waals surface area contributed by atoms with Gasteiger partial charge in [-0.05, 0) is 18.8 Å². The van der Waals surface area contributed by atoms with Gasteiger partial charge in [-0.1, -0.05) is 77.6 Å². The number of carbonyl (C=O) groups excluding carboxylic acids is 1. The Hall–Kier alpha value is -0.530. The van der Waals surface area contributed by atoms with E-state index in [2.05, 4.69) is 6.92 Å². The van der Waals surface area contributed by atoms with Gasteiger partial charge < -0.3 is 4.74 Å². The molecule has 1 heterocycles. The van der Waals surface area contributed by atoms with E-state index in [0.717, 1.165) is 18.8 Å². The highest BCUT2D eigenvalue weighted by Gasteiger charge is 2.16. The van der Waals surface area contributed by atoms with Gasteiger partial charge in [0.1, 0.15) is 0 Å². The monoisotopic (exact) mass is 282 g/mol. The lowest BCUT2D eigenvalue weighted by atomic mass is 9.93. The van der Waals surface area contributed by atoms with Crippen molar-refractivity contribution in [1.29, 1.82) is 0 Å². The summed E-state index contributed by atoms with van der Waals surface area (Å²) in [4.78, 5) is 11.1. The molecule has 0 aromatic rings. The van der Waals surface area contributed by atoms with Crippen LogP contribution in [0.15, 0.2) is 0 Å². The quantitative estimate of drug-likeness (QED) is 0.362. The molecular weight excluding hydrogens is 248 g/mol. The first kappa shape index (κ1) is 17.5. The summed E-state index contributed by atoms with van der Waals surface area (Å²) >= 11 is 0. The molecule has 0 N–H and O–H groups in total. The van der Waals surface area contributed by atoms with Crippen LogP contribution >= 0.6 is 0 Å². The lowest BCUT2D eigenvalue weighted by Gasteiger charge is -2.11. The lowest BCUT2D eigenvalue weighted by Crippen LogP contribution is -2.01. The van der Waals surface area contributed by atoms with Crippen LogP contribution in [-0.4, -0.2) is 12.6 Å². The molecule has 2 heteroatoms. The van der Waals surface area contributed by atoms with Gasteiger partial charge in [-0.2, -0.15) is 0 Å². The summed E-state index contributed by atoms with van der Waals surface area (Å²) in [7, 11) is 0. The van der Waals surface area contributed by atoms with Crippen molar-refractivity contribution in [3.05, 3.63) is 0 Å². The molecule has 0 radical (unpaired) electrons. The predicted molar refractivity (Wildman–Crippen MR) is 84.8 cm³/mol. The van der Waals surface area contributed by atoms with Gasteiger partial charge in [-0.3, -0.25) is 4.79 Å². The van der Waals surface area contributed by atoms with Crippen LogP contribution in [0.25, 0.3) is 0 Å². The minimum Gasteiger partial charge on any atom is -0.466 e. The number of cyclic esters (lactones) is 1. The highest BCUT2D eigenvalue weighted by Crippen LogP contribution is 2.23. The molecule has 118 valence electrons. The van der Waals surface area contributed by atoms with Crippen molar-refractivity contribution in [3.8, 4) is 0 Å². The fourth-order valence-corrected chi connectivity index (χ4v) is 3.09. The van der Waals surface area contributed by atoms with Gasteiger partial charge in [0.2, 0.25) is 0 Å². The van der Waals surface area contributed by atoms with Gasteiger partial charge in [0.15, 0.2) is 0 Å². The van der Waals surface area contributed by atoms with Crippen LogP contribution in [0.3, 0.4) is 0 Å². The number of hydrogen-bond donors (Lipinski definition) is 0. The van der Waals surface area contributed by atoms with Crippen molar-refractivity contribution in [3.63, 3.8) is 0 Å². The summed E-state index contributed by atoms with van der Waals surface area (Å²) in [5, 5.41) is 0. The zero-order valence-corrected chi connectivity index (χ0v) is 13.5. The van der Waals surface area contributed by atoms with Gasteiger partial charge in [0.25, 0.3) is 0 Å². The van der Waals surface area contributed by atoms with E-state index in [1.807, 2.05) is 0 Å². The Morgan fingerprint density at radius 2 is 1.50 bits per heavy atom. The zero-order chi connectivity index (χ0) is 14.5. The van der Waals surface area contributed by atoms with Crippen molar-refractivity contribution in [2.75, 3.05) is 6.61 Å². The fourth-order valence-electron chi connectivity index (χ4n) is 3.09. The first-order valence-corrected chi connectivity index (χ1v) is 8.98. The van der Waals surface area contributed by atoms with Crippen molar-refractivity contribution >= 4 is 5.97 Å². The first-order valence-electron chi connectivity index (χ1n) is 8.98. The Kier molecular flexibility index (Phi) is 10.7. The summed E-state index contributed by atoms with van der Waals surface area (Å²) in [6.45, 7) is 2.93. The molecule has 2 nitrogen and oxygen atoms in total. The number of unbranched alkanes of at least 4 members (excludes halogenated alkanes) is 9. The maximum absolute atomic E-state index is 11.1. The van der Waals surface area contributed by atoms with Crippen LogP contribution in [0.4, 0.5) is 0 Å². The summed E-state index contributed by atoms with van der Waals surface area (Å²) in [6, 6.07) is 0. The molecule has 0 aromatic carbocycles. The van der Waals surface area contributed by atoms with E-state index in [9.17, 15) is 4.79 Å². The van der Waals surface area contributed by atoms with Crippen LogP contribution in [0, 0.1) is 5.92 Å². The maximum atomic E-state index is 11.1. The standard InChI is InChI=1S/C18H34O2/c1-2-3-4-5-6-7-8-9-10-11-12-17-13-14-18(19)20-16-15-17/h17H,2-16H2,1H3. The molecule has 0 aromatic heterocycles. The molecule has 0 bridgehead atoms. The molecule has 1 saturated heterocycles.